The fraction of sp³-hybridized carbons (Fsp3) is 0.862. The number of cyclic esters (lactones) is 1. The Morgan fingerprint density at radius 1 is 1.11 bits per heavy atom. The number of ketones is 1. The van der Waals surface area contributed by atoms with Gasteiger partial charge in [0.1, 0.15) is 6.10 Å². The quantitative estimate of drug-likeness (QED) is 0.354. The van der Waals surface area contributed by atoms with Gasteiger partial charge in [-0.2, -0.15) is 0 Å². The number of hydrogen-bond donors (Lipinski definition) is 5. The van der Waals surface area contributed by atoms with E-state index in [-0.39, 0.29) is 48.5 Å². The van der Waals surface area contributed by atoms with Crippen molar-refractivity contribution in [2.75, 3.05) is 0 Å². The molecule has 0 aromatic carbocycles. The second kappa shape index (κ2) is 8.59. The van der Waals surface area contributed by atoms with E-state index in [0.717, 1.165) is 0 Å². The predicted octanol–water partition coefficient (Wildman–Crippen LogP) is 1.89. The van der Waals surface area contributed by atoms with E-state index >= 15 is 0 Å². The van der Waals surface area contributed by atoms with Crippen molar-refractivity contribution in [1.82, 2.24) is 0 Å². The highest BCUT2D eigenvalue weighted by atomic mass is 16.6. The lowest BCUT2D eigenvalue weighted by atomic mass is 9.45. The summed E-state index contributed by atoms with van der Waals surface area (Å²) in [7, 11) is 0. The number of rotatable bonds is 4. The van der Waals surface area contributed by atoms with Gasteiger partial charge in [-0.1, -0.05) is 20.8 Å². The van der Waals surface area contributed by atoms with Crippen molar-refractivity contribution < 1.29 is 39.9 Å². The molecule has 4 fully saturated rings. The Hall–Kier alpha value is -1.32. The van der Waals surface area contributed by atoms with Crippen LogP contribution in [0.3, 0.4) is 0 Å². The first-order valence-corrected chi connectivity index (χ1v) is 14.0. The molecule has 0 spiro atoms. The molecule has 0 aromatic rings. The van der Waals surface area contributed by atoms with Crippen LogP contribution in [0.4, 0.5) is 0 Å². The Labute approximate surface area is 219 Å². The Balaban J connectivity index is 1.44. The Morgan fingerprint density at radius 3 is 2.41 bits per heavy atom. The summed E-state index contributed by atoms with van der Waals surface area (Å²) < 4.78 is 5.34. The van der Waals surface area contributed by atoms with E-state index in [0.29, 0.717) is 37.7 Å². The van der Waals surface area contributed by atoms with Crippen LogP contribution in [-0.4, -0.2) is 72.9 Å². The van der Waals surface area contributed by atoms with Crippen LogP contribution in [0.25, 0.3) is 0 Å². The van der Waals surface area contributed by atoms with Crippen molar-refractivity contribution >= 4 is 11.8 Å². The average Bonchev–Trinajstić information content (AvgIpc) is 3.23. The topological polar surface area (TPSA) is 145 Å². The molecular formula is C29H44O8. The predicted molar refractivity (Wildman–Crippen MR) is 134 cm³/mol. The lowest BCUT2D eigenvalue weighted by molar-refractivity contribution is -0.178. The third-order valence-corrected chi connectivity index (χ3v) is 11.9. The number of carbonyl (C=O) groups excluding carboxylic acids is 2. The van der Waals surface area contributed by atoms with Gasteiger partial charge in [0.2, 0.25) is 0 Å². The third kappa shape index (κ3) is 3.65. The number of aliphatic hydroxyl groups excluding tert-OH is 3. The van der Waals surface area contributed by atoms with Gasteiger partial charge < -0.3 is 30.3 Å². The zero-order valence-corrected chi connectivity index (χ0v) is 22.7. The van der Waals surface area contributed by atoms with Crippen molar-refractivity contribution in [3.63, 3.8) is 0 Å². The van der Waals surface area contributed by atoms with Crippen LogP contribution in [0.15, 0.2) is 11.6 Å². The van der Waals surface area contributed by atoms with Crippen LogP contribution >= 0.6 is 0 Å². The summed E-state index contributed by atoms with van der Waals surface area (Å²) in [5.74, 6) is -1.88. The molecule has 13 atom stereocenters. The summed E-state index contributed by atoms with van der Waals surface area (Å²) in [5, 5.41) is 56.2. The van der Waals surface area contributed by atoms with Gasteiger partial charge in [0.15, 0.2) is 5.78 Å². The number of ether oxygens (including phenoxy) is 1. The summed E-state index contributed by atoms with van der Waals surface area (Å²) in [5.41, 5.74) is -3.47. The summed E-state index contributed by atoms with van der Waals surface area (Å²) in [6.07, 6.45) is 1.21. The maximum absolute atomic E-state index is 13.3. The Kier molecular flexibility index (Phi) is 6.33. The maximum Gasteiger partial charge on any atom is 0.309 e. The van der Waals surface area contributed by atoms with Crippen molar-refractivity contribution in [2.24, 2.45) is 40.4 Å². The fourth-order valence-corrected chi connectivity index (χ4v) is 9.39. The van der Waals surface area contributed by atoms with Crippen molar-refractivity contribution in [3.05, 3.63) is 11.6 Å². The number of carbonyl (C=O) groups is 2. The molecule has 0 aromatic heterocycles. The fourth-order valence-electron chi connectivity index (χ4n) is 9.39. The minimum atomic E-state index is -1.52. The van der Waals surface area contributed by atoms with Gasteiger partial charge in [-0.3, -0.25) is 9.59 Å². The summed E-state index contributed by atoms with van der Waals surface area (Å²) in [6.45, 7) is 9.21. The molecule has 5 aliphatic rings. The molecule has 208 valence electrons. The summed E-state index contributed by atoms with van der Waals surface area (Å²) in [6, 6.07) is 0. The highest BCUT2D eigenvalue weighted by Crippen LogP contribution is 2.68. The second-order valence-electron chi connectivity index (χ2n) is 13.7. The van der Waals surface area contributed by atoms with Crippen LogP contribution in [0.1, 0.15) is 79.6 Å². The van der Waals surface area contributed by atoms with E-state index in [9.17, 15) is 35.1 Å². The number of hydrogen-bond acceptors (Lipinski definition) is 8. The molecule has 5 rings (SSSR count). The molecule has 5 N–H and O–H groups in total. The van der Waals surface area contributed by atoms with Crippen molar-refractivity contribution in [3.8, 4) is 0 Å². The van der Waals surface area contributed by atoms with E-state index in [4.69, 9.17) is 4.74 Å². The maximum atomic E-state index is 13.3. The van der Waals surface area contributed by atoms with Crippen LogP contribution in [0.2, 0.25) is 0 Å². The Bertz CT molecular complexity index is 1010. The van der Waals surface area contributed by atoms with E-state index in [1.165, 1.54) is 0 Å². The van der Waals surface area contributed by atoms with Gasteiger partial charge in [0.05, 0.1) is 35.4 Å². The van der Waals surface area contributed by atoms with Crippen molar-refractivity contribution in [1.29, 1.82) is 0 Å². The summed E-state index contributed by atoms with van der Waals surface area (Å²) in [4.78, 5) is 25.4. The largest absolute Gasteiger partial charge is 0.462 e. The van der Waals surface area contributed by atoms with E-state index in [1.54, 1.807) is 19.9 Å². The molecule has 8 nitrogen and oxygen atoms in total. The smallest absolute Gasteiger partial charge is 0.309 e. The minimum Gasteiger partial charge on any atom is -0.462 e. The van der Waals surface area contributed by atoms with Crippen LogP contribution in [0, 0.1) is 40.4 Å². The molecular weight excluding hydrogens is 476 g/mol. The standard InChI is InChI=1S/C29H44O8/c1-14-16(15(2)37-25(14)34)10-24(33)28(5,35)23-7-9-29(36)18-11-20(30)19-12-21(31)22(32)13-26(19,3)17(18)6-8-27(23,29)4/h11,14-17,19,21-24,31-33,35-36H,6-10,12-13H2,1-5H3/t14-,15+,16-,17-,19+,21+,22-,23-,24+,26+,27+,28+,29+/m0/s1. The SMILES string of the molecule is C[C@@H]1C(=O)O[C@H](C)[C@H]1C[C@@H](O)[C@](C)(O)[C@H]1CC[C@@]2(O)C3=CC(=O)[C@H]4C[C@@H](O)[C@@H](O)C[C@]4(C)[C@H]3CC[C@]12C. The minimum absolute atomic E-state index is 0.104. The Morgan fingerprint density at radius 2 is 1.78 bits per heavy atom. The first kappa shape index (κ1) is 27.3. The lowest BCUT2D eigenvalue weighted by Crippen LogP contribution is -2.63. The second-order valence-corrected chi connectivity index (χ2v) is 13.7. The zero-order chi connectivity index (χ0) is 27.3. The van der Waals surface area contributed by atoms with Crippen LogP contribution in [0.5, 0.6) is 0 Å². The lowest BCUT2D eigenvalue weighted by Gasteiger charge is -2.60. The molecule has 8 heteroatoms. The highest BCUT2D eigenvalue weighted by Gasteiger charge is 2.69. The highest BCUT2D eigenvalue weighted by molar-refractivity contribution is 5.95. The van der Waals surface area contributed by atoms with Gasteiger partial charge >= 0.3 is 5.97 Å². The molecule has 0 amide bonds. The van der Waals surface area contributed by atoms with Gasteiger partial charge in [0, 0.05) is 17.3 Å². The van der Waals surface area contributed by atoms with E-state index in [1.807, 2.05) is 20.8 Å². The molecule has 1 heterocycles. The number of aliphatic hydroxyl groups is 5. The molecule has 1 saturated heterocycles. The summed E-state index contributed by atoms with van der Waals surface area (Å²) >= 11 is 0. The molecule has 37 heavy (non-hydrogen) atoms. The van der Waals surface area contributed by atoms with Gasteiger partial charge in [0.25, 0.3) is 0 Å². The molecule has 0 unspecified atom stereocenters. The van der Waals surface area contributed by atoms with Gasteiger partial charge in [-0.15, -0.1) is 0 Å². The number of allylic oxidation sites excluding steroid dienone is 1. The first-order valence-electron chi connectivity index (χ1n) is 14.0. The number of esters is 1. The van der Waals surface area contributed by atoms with E-state index in [2.05, 4.69) is 0 Å². The third-order valence-electron chi connectivity index (χ3n) is 11.9. The molecule has 0 bridgehead atoms. The van der Waals surface area contributed by atoms with Crippen LogP contribution < -0.4 is 0 Å². The first-order chi connectivity index (χ1) is 17.1. The number of fused-ring (bicyclic) bond motifs is 5. The molecule has 0 radical (unpaired) electrons. The van der Waals surface area contributed by atoms with Crippen molar-refractivity contribution in [2.45, 2.75) is 115 Å². The normalized spacial score (nSPS) is 51.9. The molecule has 3 saturated carbocycles. The van der Waals surface area contributed by atoms with Crippen LogP contribution in [-0.2, 0) is 14.3 Å². The zero-order valence-electron chi connectivity index (χ0n) is 22.7. The van der Waals surface area contributed by atoms with Gasteiger partial charge in [-0.25, -0.2) is 0 Å². The van der Waals surface area contributed by atoms with E-state index < -0.39 is 52.2 Å². The molecule has 1 aliphatic heterocycles. The average molecular weight is 521 g/mol. The van der Waals surface area contributed by atoms with Gasteiger partial charge in [-0.05, 0) is 87.7 Å². The monoisotopic (exact) mass is 520 g/mol. The molecule has 4 aliphatic carbocycles.